The molecule has 0 saturated heterocycles. The molecule has 0 spiro atoms. The molecule has 1 heterocycles. The van der Waals surface area contributed by atoms with Gasteiger partial charge in [0, 0.05) is 30.9 Å². The largest absolute Gasteiger partial charge is 0.370 e. The molecule has 1 aromatic rings. The summed E-state index contributed by atoms with van der Waals surface area (Å²) in [6.45, 7) is 6.41. The molecule has 1 aromatic heterocycles. The number of hydrogen-bond donors (Lipinski definition) is 1. The van der Waals surface area contributed by atoms with Crippen molar-refractivity contribution in [2.24, 2.45) is 0 Å². The van der Waals surface area contributed by atoms with Gasteiger partial charge in [0.2, 0.25) is 0 Å². The first kappa shape index (κ1) is 16.3. The van der Waals surface area contributed by atoms with Crippen LogP contribution in [0, 0.1) is 0 Å². The van der Waals surface area contributed by atoms with Gasteiger partial charge in [-0.2, -0.15) is 11.8 Å². The maximum atomic E-state index is 4.45. The van der Waals surface area contributed by atoms with Crippen LogP contribution in [-0.2, 0) is 6.54 Å². The maximum absolute atomic E-state index is 4.45. The molecule has 1 N–H and O–H groups in total. The highest BCUT2D eigenvalue weighted by Crippen LogP contribution is 2.16. The fraction of sp³-hybridized carbons (Fsp3) is 0.667. The Labute approximate surface area is 122 Å². The summed E-state index contributed by atoms with van der Waals surface area (Å²) >= 11 is 1.92. The molecular formula is C15H27N3S. The number of pyridine rings is 1. The number of nitrogens with zero attached hydrogens (tertiary/aromatic N) is 2. The van der Waals surface area contributed by atoms with Gasteiger partial charge in [-0.3, -0.25) is 4.90 Å². The first-order valence-corrected chi connectivity index (χ1v) is 8.45. The highest BCUT2D eigenvalue weighted by molar-refractivity contribution is 7.98. The predicted octanol–water partition coefficient (Wildman–Crippen LogP) is 3.48. The number of aromatic nitrogens is 1. The number of nitrogens with one attached hydrogen (secondary N) is 1. The summed E-state index contributed by atoms with van der Waals surface area (Å²) in [5.74, 6) is 2.26. The Morgan fingerprint density at radius 2 is 2.26 bits per heavy atom. The van der Waals surface area contributed by atoms with E-state index in [4.69, 9.17) is 0 Å². The van der Waals surface area contributed by atoms with Gasteiger partial charge in [-0.15, -0.1) is 0 Å². The lowest BCUT2D eigenvalue weighted by Crippen LogP contribution is -2.29. The van der Waals surface area contributed by atoms with Crippen LogP contribution in [0.2, 0.25) is 0 Å². The van der Waals surface area contributed by atoms with Crippen LogP contribution in [-0.4, -0.2) is 41.5 Å². The third-order valence-corrected chi connectivity index (χ3v) is 3.99. The van der Waals surface area contributed by atoms with Gasteiger partial charge in [-0.1, -0.05) is 13.0 Å². The summed E-state index contributed by atoms with van der Waals surface area (Å²) in [7, 11) is 2.20. The molecule has 1 unspecified atom stereocenters. The van der Waals surface area contributed by atoms with Crippen LogP contribution in [0.1, 0.15) is 32.3 Å². The number of anilines is 1. The molecule has 19 heavy (non-hydrogen) atoms. The summed E-state index contributed by atoms with van der Waals surface area (Å²) in [4.78, 5) is 6.86. The van der Waals surface area contributed by atoms with Crippen molar-refractivity contribution in [3.63, 3.8) is 0 Å². The van der Waals surface area contributed by atoms with Crippen LogP contribution < -0.4 is 5.32 Å². The molecule has 0 fully saturated rings. The Kier molecular flexibility index (Phi) is 7.91. The van der Waals surface area contributed by atoms with Crippen LogP contribution in [0.25, 0.3) is 0 Å². The van der Waals surface area contributed by atoms with Gasteiger partial charge in [0.15, 0.2) is 0 Å². The second-order valence-corrected chi connectivity index (χ2v) is 5.97. The zero-order valence-corrected chi connectivity index (χ0v) is 13.5. The molecule has 0 aliphatic carbocycles. The Balaban J connectivity index is 2.59. The van der Waals surface area contributed by atoms with Gasteiger partial charge in [0.1, 0.15) is 5.82 Å². The van der Waals surface area contributed by atoms with Crippen molar-refractivity contribution in [3.05, 3.63) is 23.9 Å². The molecule has 4 heteroatoms. The lowest BCUT2D eigenvalue weighted by molar-refractivity contribution is 0.245. The lowest BCUT2D eigenvalue weighted by Gasteiger charge is -2.25. The Morgan fingerprint density at radius 3 is 2.95 bits per heavy atom. The Bertz CT molecular complexity index is 357. The minimum Gasteiger partial charge on any atom is -0.370 e. The van der Waals surface area contributed by atoms with Crippen LogP contribution in [0.4, 0.5) is 5.82 Å². The van der Waals surface area contributed by atoms with E-state index < -0.39 is 0 Å². The van der Waals surface area contributed by atoms with Crippen LogP contribution in [0.3, 0.4) is 0 Å². The summed E-state index contributed by atoms with van der Waals surface area (Å²) < 4.78 is 0. The lowest BCUT2D eigenvalue weighted by atomic mass is 10.2. The summed E-state index contributed by atoms with van der Waals surface area (Å²) in [6, 6.07) is 4.79. The van der Waals surface area contributed by atoms with Gasteiger partial charge in [-0.25, -0.2) is 4.98 Å². The van der Waals surface area contributed by atoms with E-state index in [1.165, 1.54) is 17.7 Å². The van der Waals surface area contributed by atoms with Crippen molar-refractivity contribution in [1.29, 1.82) is 0 Å². The highest BCUT2D eigenvalue weighted by Gasteiger charge is 2.11. The van der Waals surface area contributed by atoms with Crippen molar-refractivity contribution in [2.75, 3.05) is 30.9 Å². The normalized spacial score (nSPS) is 12.7. The van der Waals surface area contributed by atoms with Crippen LogP contribution >= 0.6 is 11.8 Å². The zero-order valence-electron chi connectivity index (χ0n) is 12.6. The van der Waals surface area contributed by atoms with E-state index in [0.29, 0.717) is 6.04 Å². The fourth-order valence-corrected chi connectivity index (χ4v) is 2.48. The Hall–Kier alpha value is -0.740. The average Bonchev–Trinajstić information content (AvgIpc) is 2.43. The van der Waals surface area contributed by atoms with Gasteiger partial charge < -0.3 is 5.32 Å². The summed E-state index contributed by atoms with van der Waals surface area (Å²) in [6.07, 6.45) is 6.38. The van der Waals surface area contributed by atoms with Gasteiger partial charge >= 0.3 is 0 Å². The molecule has 3 nitrogen and oxygen atoms in total. The van der Waals surface area contributed by atoms with Crippen molar-refractivity contribution < 1.29 is 0 Å². The zero-order chi connectivity index (χ0) is 14.1. The third-order valence-electron chi connectivity index (χ3n) is 3.35. The first-order chi connectivity index (χ1) is 9.19. The molecule has 0 amide bonds. The van der Waals surface area contributed by atoms with E-state index in [0.717, 1.165) is 25.3 Å². The molecule has 108 valence electrons. The van der Waals surface area contributed by atoms with Gasteiger partial charge in [0.05, 0.1) is 0 Å². The Morgan fingerprint density at radius 1 is 1.47 bits per heavy atom. The first-order valence-electron chi connectivity index (χ1n) is 7.06. The molecule has 1 rings (SSSR count). The molecule has 0 aliphatic rings. The van der Waals surface area contributed by atoms with Gasteiger partial charge in [-0.05, 0) is 44.9 Å². The van der Waals surface area contributed by atoms with Crippen LogP contribution in [0.15, 0.2) is 18.3 Å². The van der Waals surface area contributed by atoms with E-state index in [2.05, 4.69) is 48.4 Å². The number of hydrogen-bond acceptors (Lipinski definition) is 4. The second kappa shape index (κ2) is 9.21. The summed E-state index contributed by atoms with van der Waals surface area (Å²) in [5, 5.41) is 3.41. The van der Waals surface area contributed by atoms with E-state index >= 15 is 0 Å². The standard InChI is InChI=1S/C15H27N3S/c1-5-9-16-15-14(7-6-10-17-15)12-18(3)13(2)8-11-19-4/h6-7,10,13H,5,8-9,11-12H2,1-4H3,(H,16,17). The molecule has 0 saturated carbocycles. The molecule has 0 aliphatic heterocycles. The quantitative estimate of drug-likeness (QED) is 0.750. The smallest absolute Gasteiger partial charge is 0.130 e. The maximum Gasteiger partial charge on any atom is 0.130 e. The van der Waals surface area contributed by atoms with Crippen molar-refractivity contribution in [2.45, 2.75) is 39.3 Å². The van der Waals surface area contributed by atoms with Crippen molar-refractivity contribution in [1.82, 2.24) is 9.88 Å². The van der Waals surface area contributed by atoms with Gasteiger partial charge in [0.25, 0.3) is 0 Å². The van der Waals surface area contributed by atoms with E-state index in [1.54, 1.807) is 0 Å². The number of thioether (sulfide) groups is 1. The molecular weight excluding hydrogens is 254 g/mol. The van der Waals surface area contributed by atoms with Crippen molar-refractivity contribution >= 4 is 17.6 Å². The monoisotopic (exact) mass is 281 g/mol. The molecule has 1 atom stereocenters. The second-order valence-electron chi connectivity index (χ2n) is 4.98. The fourth-order valence-electron chi connectivity index (χ4n) is 1.90. The third kappa shape index (κ3) is 5.83. The van der Waals surface area contributed by atoms with E-state index in [9.17, 15) is 0 Å². The topological polar surface area (TPSA) is 28.2 Å². The average molecular weight is 281 g/mol. The number of rotatable bonds is 9. The summed E-state index contributed by atoms with van der Waals surface area (Å²) in [5.41, 5.74) is 1.29. The molecule has 0 aromatic carbocycles. The predicted molar refractivity (Wildman–Crippen MR) is 86.9 cm³/mol. The highest BCUT2D eigenvalue weighted by atomic mass is 32.2. The van der Waals surface area contributed by atoms with Crippen LogP contribution in [0.5, 0.6) is 0 Å². The molecule has 0 bridgehead atoms. The van der Waals surface area contributed by atoms with Crippen molar-refractivity contribution in [3.8, 4) is 0 Å². The van der Waals surface area contributed by atoms with E-state index in [-0.39, 0.29) is 0 Å². The minimum absolute atomic E-state index is 0.603. The minimum atomic E-state index is 0.603. The van der Waals surface area contributed by atoms with E-state index in [1.807, 2.05) is 24.0 Å². The SMILES string of the molecule is CCCNc1ncccc1CN(C)C(C)CCSC. The molecule has 0 radical (unpaired) electrons.